The van der Waals surface area contributed by atoms with E-state index in [0.29, 0.717) is 23.2 Å². The SMILES string of the molecule is COCC(N)C(=O)Nc1cccc(OCc2nc(N)nc(N(C)C)n2)c1. The third-order valence-electron chi connectivity index (χ3n) is 3.24. The highest BCUT2D eigenvalue weighted by Crippen LogP contribution is 2.18. The average Bonchev–Trinajstić information content (AvgIpc) is 2.60. The van der Waals surface area contributed by atoms with Crippen molar-refractivity contribution >= 4 is 23.5 Å². The predicted molar refractivity (Wildman–Crippen MR) is 97.8 cm³/mol. The number of aromatic nitrogens is 3. The third kappa shape index (κ3) is 5.53. The summed E-state index contributed by atoms with van der Waals surface area (Å²) in [6, 6.07) is 6.16. The van der Waals surface area contributed by atoms with Crippen molar-refractivity contribution in [3.63, 3.8) is 0 Å². The van der Waals surface area contributed by atoms with Crippen molar-refractivity contribution in [3.8, 4) is 5.75 Å². The number of ether oxygens (including phenoxy) is 2. The molecule has 2 rings (SSSR count). The van der Waals surface area contributed by atoms with Gasteiger partial charge in [-0.25, -0.2) is 0 Å². The first-order valence-corrected chi connectivity index (χ1v) is 7.85. The lowest BCUT2D eigenvalue weighted by Crippen LogP contribution is -2.39. The number of benzene rings is 1. The molecule has 1 atom stereocenters. The molecule has 26 heavy (non-hydrogen) atoms. The van der Waals surface area contributed by atoms with Crippen LogP contribution in [0.25, 0.3) is 0 Å². The van der Waals surface area contributed by atoms with Gasteiger partial charge in [0.2, 0.25) is 17.8 Å². The van der Waals surface area contributed by atoms with Gasteiger partial charge in [0.05, 0.1) is 6.61 Å². The van der Waals surface area contributed by atoms with Crippen molar-refractivity contribution in [2.24, 2.45) is 5.73 Å². The van der Waals surface area contributed by atoms with E-state index in [9.17, 15) is 4.79 Å². The monoisotopic (exact) mass is 361 g/mol. The van der Waals surface area contributed by atoms with E-state index in [1.54, 1.807) is 43.3 Å². The van der Waals surface area contributed by atoms with Gasteiger partial charge in [-0.2, -0.15) is 15.0 Å². The van der Waals surface area contributed by atoms with Gasteiger partial charge in [-0.05, 0) is 12.1 Å². The first-order chi connectivity index (χ1) is 12.4. The van der Waals surface area contributed by atoms with Gasteiger partial charge in [-0.15, -0.1) is 0 Å². The van der Waals surface area contributed by atoms with E-state index in [1.165, 1.54) is 7.11 Å². The molecule has 1 aromatic heterocycles. The van der Waals surface area contributed by atoms with E-state index < -0.39 is 6.04 Å². The second-order valence-electron chi connectivity index (χ2n) is 5.67. The number of nitrogen functional groups attached to an aromatic ring is 1. The van der Waals surface area contributed by atoms with Crippen LogP contribution in [0.3, 0.4) is 0 Å². The van der Waals surface area contributed by atoms with Crippen LogP contribution in [-0.2, 0) is 16.1 Å². The number of methoxy groups -OCH3 is 1. The Hall–Kier alpha value is -2.98. The molecule has 0 radical (unpaired) electrons. The Balaban J connectivity index is 2.02. The van der Waals surface area contributed by atoms with Crippen molar-refractivity contribution in [2.75, 3.05) is 43.8 Å². The van der Waals surface area contributed by atoms with Crippen molar-refractivity contribution < 1.29 is 14.3 Å². The molecule has 10 heteroatoms. The lowest BCUT2D eigenvalue weighted by atomic mass is 10.2. The number of nitrogens with one attached hydrogen (secondary N) is 1. The molecule has 1 unspecified atom stereocenters. The number of nitrogens with zero attached hydrogens (tertiary/aromatic N) is 4. The Labute approximate surface area is 151 Å². The number of carbonyl (C=O) groups excluding carboxylic acids is 1. The van der Waals surface area contributed by atoms with E-state index >= 15 is 0 Å². The van der Waals surface area contributed by atoms with Gasteiger partial charge in [0.15, 0.2) is 5.82 Å². The molecule has 1 aromatic carbocycles. The van der Waals surface area contributed by atoms with E-state index in [4.69, 9.17) is 20.9 Å². The Bertz CT molecular complexity index is 754. The first-order valence-electron chi connectivity index (χ1n) is 7.85. The number of rotatable bonds is 8. The van der Waals surface area contributed by atoms with Gasteiger partial charge >= 0.3 is 0 Å². The van der Waals surface area contributed by atoms with Crippen LogP contribution in [0, 0.1) is 0 Å². The smallest absolute Gasteiger partial charge is 0.243 e. The normalized spacial score (nSPS) is 11.7. The van der Waals surface area contributed by atoms with Crippen molar-refractivity contribution in [3.05, 3.63) is 30.1 Å². The summed E-state index contributed by atoms with van der Waals surface area (Å²) in [7, 11) is 5.09. The summed E-state index contributed by atoms with van der Waals surface area (Å²) in [5, 5.41) is 2.71. The Morgan fingerprint density at radius 3 is 2.77 bits per heavy atom. The zero-order valence-electron chi connectivity index (χ0n) is 15.0. The molecule has 5 N–H and O–H groups in total. The van der Waals surface area contributed by atoms with Crippen LogP contribution in [-0.4, -0.2) is 54.7 Å². The molecule has 2 aromatic rings. The summed E-state index contributed by atoms with van der Waals surface area (Å²) < 4.78 is 10.5. The quantitative estimate of drug-likeness (QED) is 0.592. The van der Waals surface area contributed by atoms with E-state index in [-0.39, 0.29) is 25.1 Å². The first kappa shape index (κ1) is 19.3. The molecule has 0 aliphatic heterocycles. The van der Waals surface area contributed by atoms with Crippen LogP contribution in [0.2, 0.25) is 0 Å². The highest BCUT2D eigenvalue weighted by atomic mass is 16.5. The molecule has 0 aliphatic rings. The summed E-state index contributed by atoms with van der Waals surface area (Å²) in [5.74, 6) is 1.16. The van der Waals surface area contributed by atoms with Crippen LogP contribution in [0.5, 0.6) is 5.75 Å². The summed E-state index contributed by atoms with van der Waals surface area (Å²) in [5.41, 5.74) is 11.9. The molecule has 0 bridgehead atoms. The molecular weight excluding hydrogens is 338 g/mol. The molecule has 1 heterocycles. The number of nitrogens with two attached hydrogens (primary N) is 2. The Kier molecular flexibility index (Phi) is 6.64. The molecule has 0 spiro atoms. The van der Waals surface area contributed by atoms with Crippen molar-refractivity contribution in [2.45, 2.75) is 12.6 Å². The van der Waals surface area contributed by atoms with Crippen LogP contribution in [0.4, 0.5) is 17.6 Å². The van der Waals surface area contributed by atoms with Crippen molar-refractivity contribution in [1.29, 1.82) is 0 Å². The largest absolute Gasteiger partial charge is 0.486 e. The van der Waals surface area contributed by atoms with E-state index in [1.807, 2.05) is 0 Å². The zero-order valence-corrected chi connectivity index (χ0v) is 15.0. The van der Waals surface area contributed by atoms with Gasteiger partial charge in [0.1, 0.15) is 18.4 Å². The number of hydrogen-bond acceptors (Lipinski definition) is 9. The third-order valence-corrected chi connectivity index (χ3v) is 3.24. The fourth-order valence-electron chi connectivity index (χ4n) is 1.99. The summed E-state index contributed by atoms with van der Waals surface area (Å²) in [6.45, 7) is 0.241. The van der Waals surface area contributed by atoms with Gasteiger partial charge < -0.3 is 31.2 Å². The number of carbonyl (C=O) groups is 1. The van der Waals surface area contributed by atoms with Crippen LogP contribution >= 0.6 is 0 Å². The van der Waals surface area contributed by atoms with E-state index in [0.717, 1.165) is 0 Å². The maximum Gasteiger partial charge on any atom is 0.243 e. The predicted octanol–water partition coefficient (Wildman–Crippen LogP) is 0.0110. The number of hydrogen-bond donors (Lipinski definition) is 3. The highest BCUT2D eigenvalue weighted by Gasteiger charge is 2.13. The maximum atomic E-state index is 11.9. The zero-order chi connectivity index (χ0) is 19.1. The molecule has 1 amide bonds. The summed E-state index contributed by atoms with van der Waals surface area (Å²) >= 11 is 0. The van der Waals surface area contributed by atoms with Crippen molar-refractivity contribution in [1.82, 2.24) is 15.0 Å². The molecule has 140 valence electrons. The molecular formula is C16H23N7O3. The van der Waals surface area contributed by atoms with Gasteiger partial charge in [-0.3, -0.25) is 4.79 Å². The minimum absolute atomic E-state index is 0.105. The summed E-state index contributed by atoms with van der Waals surface area (Å²) in [6.07, 6.45) is 0. The average molecular weight is 361 g/mol. The fraction of sp³-hybridized carbons (Fsp3) is 0.375. The summed E-state index contributed by atoms with van der Waals surface area (Å²) in [4.78, 5) is 26.0. The topological polar surface area (TPSA) is 142 Å². The molecule has 0 aliphatic carbocycles. The Morgan fingerprint density at radius 2 is 2.08 bits per heavy atom. The fourth-order valence-corrected chi connectivity index (χ4v) is 1.99. The van der Waals surface area contributed by atoms with Gasteiger partial charge in [0.25, 0.3) is 0 Å². The second-order valence-corrected chi connectivity index (χ2v) is 5.67. The lowest BCUT2D eigenvalue weighted by Gasteiger charge is -2.13. The Morgan fingerprint density at radius 1 is 1.31 bits per heavy atom. The molecule has 0 saturated carbocycles. The maximum absolute atomic E-state index is 11.9. The number of anilines is 3. The van der Waals surface area contributed by atoms with Gasteiger partial charge in [-0.1, -0.05) is 6.07 Å². The van der Waals surface area contributed by atoms with Crippen LogP contribution in [0.1, 0.15) is 5.82 Å². The van der Waals surface area contributed by atoms with Gasteiger partial charge in [0, 0.05) is 33.0 Å². The van der Waals surface area contributed by atoms with Crippen LogP contribution < -0.4 is 26.4 Å². The van der Waals surface area contributed by atoms with E-state index in [2.05, 4.69) is 20.3 Å². The minimum atomic E-state index is -0.748. The van der Waals surface area contributed by atoms with Crippen LogP contribution in [0.15, 0.2) is 24.3 Å². The standard InChI is InChI=1S/C16H23N7O3/c1-23(2)16-21-13(20-15(18)22-16)9-26-11-6-4-5-10(7-11)19-14(24)12(17)8-25-3/h4-7,12H,8-9,17H2,1-3H3,(H,19,24)(H2,18,20,21,22). The molecule has 0 saturated heterocycles. The molecule has 10 nitrogen and oxygen atoms in total. The lowest BCUT2D eigenvalue weighted by molar-refractivity contribution is -0.118. The molecule has 0 fully saturated rings. The second kappa shape index (κ2) is 8.92. The number of amides is 1. The minimum Gasteiger partial charge on any atom is -0.486 e. The highest BCUT2D eigenvalue weighted by molar-refractivity contribution is 5.94.